The zero-order valence-corrected chi connectivity index (χ0v) is 7.54. The van der Waals surface area contributed by atoms with E-state index in [1.54, 1.807) is 4.68 Å². The van der Waals surface area contributed by atoms with Crippen LogP contribution in [0, 0.1) is 5.41 Å². The number of aryl methyl sites for hydroxylation is 1. The van der Waals surface area contributed by atoms with Gasteiger partial charge in [0.15, 0.2) is 5.82 Å². The van der Waals surface area contributed by atoms with E-state index in [9.17, 15) is 0 Å². The Morgan fingerprint density at radius 3 is 2.92 bits per heavy atom. The number of nitrogens with zero attached hydrogens (tertiary/aromatic N) is 3. The van der Waals surface area contributed by atoms with E-state index in [2.05, 4.69) is 22.6 Å². The molecule has 1 N–H and O–H groups in total. The molecule has 0 atom stereocenters. The minimum atomic E-state index is 0.525. The molecule has 0 amide bonds. The van der Waals surface area contributed by atoms with E-state index < -0.39 is 0 Å². The Morgan fingerprint density at radius 2 is 2.42 bits per heavy atom. The Bertz CT molecular complexity index is 274. The lowest BCUT2D eigenvalue weighted by Gasteiger charge is -2.07. The van der Waals surface area contributed by atoms with E-state index in [4.69, 9.17) is 0 Å². The quantitative estimate of drug-likeness (QED) is 0.729. The molecule has 0 saturated heterocycles. The summed E-state index contributed by atoms with van der Waals surface area (Å²) < 4.78 is 1.71. The van der Waals surface area contributed by atoms with Crippen molar-refractivity contribution in [2.75, 3.05) is 11.9 Å². The first-order valence-corrected chi connectivity index (χ1v) is 4.28. The van der Waals surface area contributed by atoms with Crippen LogP contribution in [0.15, 0.2) is 6.20 Å². The Hall–Kier alpha value is -1.06. The zero-order chi connectivity index (χ0) is 8.60. The van der Waals surface area contributed by atoms with Crippen LogP contribution >= 0.6 is 0 Å². The maximum atomic E-state index is 3.95. The van der Waals surface area contributed by atoms with Crippen molar-refractivity contribution in [1.29, 1.82) is 0 Å². The van der Waals surface area contributed by atoms with Gasteiger partial charge in [0.2, 0.25) is 0 Å². The summed E-state index contributed by atoms with van der Waals surface area (Å²) in [6.45, 7) is 3.31. The predicted octanol–water partition coefficient (Wildman–Crippen LogP) is 1.03. The number of aromatic nitrogens is 3. The highest BCUT2D eigenvalue weighted by molar-refractivity contribution is 5.30. The van der Waals surface area contributed by atoms with Gasteiger partial charge in [-0.2, -0.15) is 0 Å². The van der Waals surface area contributed by atoms with Gasteiger partial charge in [-0.05, 0) is 18.3 Å². The summed E-state index contributed by atoms with van der Waals surface area (Å²) in [5, 5.41) is 11.1. The standard InChI is InChI=1S/C8H14N4/c1-8(3-4-8)6-9-7-5-12(2)11-10-7/h5,9H,3-4,6H2,1-2H3. The number of rotatable bonds is 3. The molecular formula is C8H14N4. The molecule has 1 aliphatic carbocycles. The summed E-state index contributed by atoms with van der Waals surface area (Å²) in [5.74, 6) is 0.880. The monoisotopic (exact) mass is 166 g/mol. The minimum absolute atomic E-state index is 0.525. The molecule has 0 unspecified atom stereocenters. The molecule has 1 aromatic rings. The molecule has 66 valence electrons. The van der Waals surface area contributed by atoms with Crippen LogP contribution in [-0.2, 0) is 7.05 Å². The van der Waals surface area contributed by atoms with Crippen molar-refractivity contribution in [3.63, 3.8) is 0 Å². The highest BCUT2D eigenvalue weighted by atomic mass is 15.4. The van der Waals surface area contributed by atoms with Crippen LogP contribution in [0.2, 0.25) is 0 Å². The predicted molar refractivity (Wildman–Crippen MR) is 46.8 cm³/mol. The second kappa shape index (κ2) is 2.47. The second-order valence-electron chi connectivity index (χ2n) is 3.94. The van der Waals surface area contributed by atoms with Crippen LogP contribution in [-0.4, -0.2) is 21.5 Å². The van der Waals surface area contributed by atoms with Gasteiger partial charge in [0.05, 0.1) is 6.20 Å². The lowest BCUT2D eigenvalue weighted by molar-refractivity contribution is 0.609. The molecule has 12 heavy (non-hydrogen) atoms. The van der Waals surface area contributed by atoms with Gasteiger partial charge in [-0.25, -0.2) is 0 Å². The molecule has 0 aliphatic heterocycles. The third-order valence-corrected chi connectivity index (χ3v) is 2.40. The van der Waals surface area contributed by atoms with Gasteiger partial charge in [-0.3, -0.25) is 4.68 Å². The summed E-state index contributed by atoms with van der Waals surface area (Å²) in [6, 6.07) is 0. The molecule has 1 heterocycles. The number of anilines is 1. The highest BCUT2D eigenvalue weighted by Gasteiger charge is 2.36. The Labute approximate surface area is 72.0 Å². The zero-order valence-electron chi connectivity index (χ0n) is 7.54. The molecule has 4 nitrogen and oxygen atoms in total. The maximum Gasteiger partial charge on any atom is 0.168 e. The SMILES string of the molecule is Cn1cc(NCC2(C)CC2)nn1. The van der Waals surface area contributed by atoms with E-state index in [1.165, 1.54) is 12.8 Å². The van der Waals surface area contributed by atoms with Crippen LogP contribution < -0.4 is 5.32 Å². The van der Waals surface area contributed by atoms with Crippen molar-refractivity contribution >= 4 is 5.82 Å². The van der Waals surface area contributed by atoms with Gasteiger partial charge in [-0.15, -0.1) is 5.10 Å². The van der Waals surface area contributed by atoms with Crippen LogP contribution in [0.4, 0.5) is 5.82 Å². The first-order chi connectivity index (χ1) is 5.68. The van der Waals surface area contributed by atoms with Crippen molar-refractivity contribution < 1.29 is 0 Å². The largest absolute Gasteiger partial charge is 0.367 e. The summed E-state index contributed by atoms with van der Waals surface area (Å²) >= 11 is 0. The van der Waals surface area contributed by atoms with Crippen LogP contribution in [0.1, 0.15) is 19.8 Å². The number of nitrogens with one attached hydrogen (secondary N) is 1. The van der Waals surface area contributed by atoms with E-state index in [1.807, 2.05) is 13.2 Å². The summed E-state index contributed by atoms with van der Waals surface area (Å²) in [5.41, 5.74) is 0.525. The average molecular weight is 166 g/mol. The van der Waals surface area contributed by atoms with Crippen LogP contribution in [0.25, 0.3) is 0 Å². The fraction of sp³-hybridized carbons (Fsp3) is 0.750. The fourth-order valence-electron chi connectivity index (χ4n) is 1.12. The van der Waals surface area contributed by atoms with E-state index in [-0.39, 0.29) is 0 Å². The first kappa shape index (κ1) is 7.58. The lowest BCUT2D eigenvalue weighted by atomic mass is 10.1. The first-order valence-electron chi connectivity index (χ1n) is 4.28. The van der Waals surface area contributed by atoms with E-state index >= 15 is 0 Å². The van der Waals surface area contributed by atoms with Crippen molar-refractivity contribution in [1.82, 2.24) is 15.0 Å². The van der Waals surface area contributed by atoms with Crippen molar-refractivity contribution in [3.05, 3.63) is 6.20 Å². The third-order valence-electron chi connectivity index (χ3n) is 2.40. The molecule has 2 rings (SSSR count). The number of hydrogen-bond donors (Lipinski definition) is 1. The molecular weight excluding hydrogens is 152 g/mol. The normalized spacial score (nSPS) is 19.2. The Morgan fingerprint density at radius 1 is 1.67 bits per heavy atom. The Kier molecular flexibility index (Phi) is 1.56. The van der Waals surface area contributed by atoms with Crippen molar-refractivity contribution in [2.45, 2.75) is 19.8 Å². The van der Waals surface area contributed by atoms with E-state index in [0.29, 0.717) is 5.41 Å². The third kappa shape index (κ3) is 1.57. The summed E-state index contributed by atoms with van der Waals surface area (Å²) in [4.78, 5) is 0. The molecule has 1 aliphatic rings. The van der Waals surface area contributed by atoms with Gasteiger partial charge < -0.3 is 5.32 Å². The lowest BCUT2D eigenvalue weighted by Crippen LogP contribution is -2.11. The average Bonchev–Trinajstić information content (AvgIpc) is 2.60. The van der Waals surface area contributed by atoms with Crippen LogP contribution in [0.5, 0.6) is 0 Å². The Balaban J connectivity index is 1.87. The van der Waals surface area contributed by atoms with E-state index in [0.717, 1.165) is 12.4 Å². The van der Waals surface area contributed by atoms with Crippen molar-refractivity contribution in [3.8, 4) is 0 Å². The van der Waals surface area contributed by atoms with Crippen LogP contribution in [0.3, 0.4) is 0 Å². The molecule has 4 heteroatoms. The molecule has 0 spiro atoms. The molecule has 1 saturated carbocycles. The highest BCUT2D eigenvalue weighted by Crippen LogP contribution is 2.44. The van der Waals surface area contributed by atoms with Gasteiger partial charge in [0, 0.05) is 13.6 Å². The van der Waals surface area contributed by atoms with Gasteiger partial charge in [0.25, 0.3) is 0 Å². The molecule has 0 aromatic carbocycles. The summed E-state index contributed by atoms with van der Waals surface area (Å²) in [7, 11) is 1.87. The van der Waals surface area contributed by atoms with Gasteiger partial charge in [0.1, 0.15) is 0 Å². The minimum Gasteiger partial charge on any atom is -0.367 e. The number of hydrogen-bond acceptors (Lipinski definition) is 3. The topological polar surface area (TPSA) is 42.7 Å². The van der Waals surface area contributed by atoms with Gasteiger partial charge >= 0.3 is 0 Å². The second-order valence-corrected chi connectivity index (χ2v) is 3.94. The summed E-state index contributed by atoms with van der Waals surface area (Å²) in [6.07, 6.45) is 4.56. The smallest absolute Gasteiger partial charge is 0.168 e. The molecule has 1 fully saturated rings. The molecule has 0 bridgehead atoms. The maximum absolute atomic E-state index is 3.95. The van der Waals surface area contributed by atoms with Gasteiger partial charge in [-0.1, -0.05) is 12.1 Å². The molecule has 0 radical (unpaired) electrons. The van der Waals surface area contributed by atoms with Crippen molar-refractivity contribution in [2.24, 2.45) is 12.5 Å². The molecule has 1 aromatic heterocycles. The fourth-order valence-corrected chi connectivity index (χ4v) is 1.12.